The van der Waals surface area contributed by atoms with Crippen LogP contribution in [0.15, 0.2) is 54.6 Å². The molecule has 4 rings (SSSR count). The second-order valence-corrected chi connectivity index (χ2v) is 6.70. The molecule has 2 N–H and O–H groups in total. The van der Waals surface area contributed by atoms with Crippen LogP contribution in [0.4, 0.5) is 5.69 Å². The van der Waals surface area contributed by atoms with Crippen LogP contribution >= 0.6 is 0 Å². The SMILES string of the molecule is O=C(NC1COc2ccccc2C1)[C@@]1(O)CCN(c2ccccc2)C1=O. The molecule has 0 saturated carbocycles. The van der Waals surface area contributed by atoms with Crippen LogP contribution in [0.1, 0.15) is 12.0 Å². The summed E-state index contributed by atoms with van der Waals surface area (Å²) < 4.78 is 5.66. The summed E-state index contributed by atoms with van der Waals surface area (Å²) in [5.41, 5.74) is -0.358. The number of carbonyl (C=O) groups is 2. The first-order valence-corrected chi connectivity index (χ1v) is 8.69. The highest BCUT2D eigenvalue weighted by atomic mass is 16.5. The number of para-hydroxylation sites is 2. The van der Waals surface area contributed by atoms with Gasteiger partial charge in [0.2, 0.25) is 5.60 Å². The molecule has 2 heterocycles. The van der Waals surface area contributed by atoms with Crippen molar-refractivity contribution in [1.82, 2.24) is 5.32 Å². The van der Waals surface area contributed by atoms with Crippen molar-refractivity contribution >= 4 is 17.5 Å². The van der Waals surface area contributed by atoms with E-state index in [9.17, 15) is 14.7 Å². The quantitative estimate of drug-likeness (QED) is 0.816. The maximum Gasteiger partial charge on any atom is 0.268 e. The number of anilines is 1. The second kappa shape index (κ2) is 6.46. The zero-order valence-corrected chi connectivity index (χ0v) is 14.2. The molecule has 2 aromatic carbocycles. The molecule has 0 radical (unpaired) electrons. The molecular weight excluding hydrogens is 332 g/mol. The van der Waals surface area contributed by atoms with E-state index in [4.69, 9.17) is 4.74 Å². The van der Waals surface area contributed by atoms with Gasteiger partial charge in [-0.25, -0.2) is 0 Å². The number of hydrogen-bond acceptors (Lipinski definition) is 4. The molecule has 2 atom stereocenters. The van der Waals surface area contributed by atoms with Gasteiger partial charge in [0.15, 0.2) is 0 Å². The normalized spacial score (nSPS) is 24.7. The zero-order valence-electron chi connectivity index (χ0n) is 14.2. The lowest BCUT2D eigenvalue weighted by Crippen LogP contribution is -2.56. The Kier molecular flexibility index (Phi) is 4.12. The van der Waals surface area contributed by atoms with Gasteiger partial charge in [0.25, 0.3) is 11.8 Å². The van der Waals surface area contributed by atoms with E-state index in [2.05, 4.69) is 5.32 Å². The van der Waals surface area contributed by atoms with Crippen molar-refractivity contribution in [2.75, 3.05) is 18.1 Å². The maximum absolute atomic E-state index is 12.7. The van der Waals surface area contributed by atoms with Gasteiger partial charge in [-0.05, 0) is 30.2 Å². The second-order valence-electron chi connectivity index (χ2n) is 6.70. The summed E-state index contributed by atoms with van der Waals surface area (Å²) in [6.07, 6.45) is 0.672. The summed E-state index contributed by atoms with van der Waals surface area (Å²) in [7, 11) is 0. The van der Waals surface area contributed by atoms with Crippen LogP contribution in [0.2, 0.25) is 0 Å². The van der Waals surface area contributed by atoms with Crippen molar-refractivity contribution in [2.45, 2.75) is 24.5 Å². The summed E-state index contributed by atoms with van der Waals surface area (Å²) in [5.74, 6) is -0.434. The number of rotatable bonds is 3. The lowest BCUT2D eigenvalue weighted by molar-refractivity contribution is -0.149. The van der Waals surface area contributed by atoms with Gasteiger partial charge < -0.3 is 20.1 Å². The Labute approximate surface area is 151 Å². The van der Waals surface area contributed by atoms with E-state index < -0.39 is 17.4 Å². The molecular formula is C20H20N2O4. The fraction of sp³-hybridized carbons (Fsp3) is 0.300. The number of ether oxygens (including phenoxy) is 1. The lowest BCUT2D eigenvalue weighted by Gasteiger charge is -2.29. The summed E-state index contributed by atoms with van der Waals surface area (Å²) in [5, 5.41) is 13.5. The van der Waals surface area contributed by atoms with E-state index in [0.717, 1.165) is 11.3 Å². The lowest BCUT2D eigenvalue weighted by atomic mass is 9.98. The van der Waals surface area contributed by atoms with Gasteiger partial charge >= 0.3 is 0 Å². The Morgan fingerprint density at radius 3 is 2.69 bits per heavy atom. The molecule has 6 nitrogen and oxygen atoms in total. The van der Waals surface area contributed by atoms with Gasteiger partial charge in [-0.3, -0.25) is 9.59 Å². The molecule has 134 valence electrons. The smallest absolute Gasteiger partial charge is 0.268 e. The third-order valence-corrected chi connectivity index (χ3v) is 4.95. The molecule has 2 amide bonds. The molecule has 0 aromatic heterocycles. The van der Waals surface area contributed by atoms with Gasteiger partial charge in [0.1, 0.15) is 12.4 Å². The molecule has 1 fully saturated rings. The van der Waals surface area contributed by atoms with E-state index in [1.165, 1.54) is 4.90 Å². The number of carbonyl (C=O) groups excluding carboxylic acids is 2. The highest BCUT2D eigenvalue weighted by Gasteiger charge is 2.52. The highest BCUT2D eigenvalue weighted by molar-refractivity contribution is 6.16. The summed E-state index contributed by atoms with van der Waals surface area (Å²) in [6, 6.07) is 16.4. The number of hydrogen-bond donors (Lipinski definition) is 2. The van der Waals surface area contributed by atoms with Crippen LogP contribution in [0.3, 0.4) is 0 Å². The first-order valence-electron chi connectivity index (χ1n) is 8.69. The Balaban J connectivity index is 1.46. The topological polar surface area (TPSA) is 78.9 Å². The molecule has 1 saturated heterocycles. The minimum absolute atomic E-state index is 0.0662. The fourth-order valence-corrected chi connectivity index (χ4v) is 3.50. The van der Waals surface area contributed by atoms with E-state index >= 15 is 0 Å². The van der Waals surface area contributed by atoms with Crippen molar-refractivity contribution in [3.8, 4) is 5.75 Å². The summed E-state index contributed by atoms with van der Waals surface area (Å²) in [6.45, 7) is 0.617. The van der Waals surface area contributed by atoms with E-state index in [1.807, 2.05) is 42.5 Å². The van der Waals surface area contributed by atoms with Crippen molar-refractivity contribution < 1.29 is 19.4 Å². The van der Waals surface area contributed by atoms with Gasteiger partial charge in [0.05, 0.1) is 6.04 Å². The van der Waals surface area contributed by atoms with Crippen LogP contribution in [0.25, 0.3) is 0 Å². The van der Waals surface area contributed by atoms with Crippen LogP contribution in [-0.4, -0.2) is 41.7 Å². The Hall–Kier alpha value is -2.86. The molecule has 6 heteroatoms. The number of amides is 2. The van der Waals surface area contributed by atoms with Crippen LogP contribution in [0, 0.1) is 0 Å². The summed E-state index contributed by atoms with van der Waals surface area (Å²) >= 11 is 0. The Morgan fingerprint density at radius 1 is 1.15 bits per heavy atom. The maximum atomic E-state index is 12.7. The van der Waals surface area contributed by atoms with Crippen molar-refractivity contribution in [3.05, 3.63) is 60.2 Å². The highest BCUT2D eigenvalue weighted by Crippen LogP contribution is 2.29. The van der Waals surface area contributed by atoms with Gasteiger partial charge in [-0.1, -0.05) is 36.4 Å². The molecule has 2 aromatic rings. The number of nitrogens with zero attached hydrogens (tertiary/aromatic N) is 1. The number of benzene rings is 2. The van der Waals surface area contributed by atoms with E-state index in [-0.39, 0.29) is 12.5 Å². The third-order valence-electron chi connectivity index (χ3n) is 4.95. The van der Waals surface area contributed by atoms with Gasteiger partial charge in [0, 0.05) is 18.7 Å². The third kappa shape index (κ3) is 2.82. The number of aliphatic hydroxyl groups is 1. The average Bonchev–Trinajstić information content (AvgIpc) is 2.98. The average molecular weight is 352 g/mol. The summed E-state index contributed by atoms with van der Waals surface area (Å²) in [4.78, 5) is 26.8. The first-order chi connectivity index (χ1) is 12.6. The van der Waals surface area contributed by atoms with Gasteiger partial charge in [-0.15, -0.1) is 0 Å². The Bertz CT molecular complexity index is 839. The first kappa shape index (κ1) is 16.6. The molecule has 1 unspecified atom stereocenters. The molecule has 2 aliphatic heterocycles. The molecule has 0 bridgehead atoms. The number of nitrogens with one attached hydrogen (secondary N) is 1. The predicted molar refractivity (Wildman–Crippen MR) is 95.9 cm³/mol. The van der Waals surface area contributed by atoms with E-state index in [0.29, 0.717) is 25.3 Å². The molecule has 2 aliphatic rings. The minimum atomic E-state index is -2.03. The van der Waals surface area contributed by atoms with Crippen LogP contribution in [0.5, 0.6) is 5.75 Å². The van der Waals surface area contributed by atoms with Crippen molar-refractivity contribution in [1.29, 1.82) is 0 Å². The number of fused-ring (bicyclic) bond motifs is 1. The monoisotopic (exact) mass is 352 g/mol. The predicted octanol–water partition coefficient (Wildman–Crippen LogP) is 1.27. The van der Waals surface area contributed by atoms with E-state index in [1.54, 1.807) is 12.1 Å². The van der Waals surface area contributed by atoms with Crippen LogP contribution < -0.4 is 15.0 Å². The molecule has 0 aliphatic carbocycles. The largest absolute Gasteiger partial charge is 0.491 e. The molecule has 26 heavy (non-hydrogen) atoms. The minimum Gasteiger partial charge on any atom is -0.491 e. The standard InChI is InChI=1S/C20H20N2O4/c23-18(21-15-12-14-6-4-5-9-17(14)26-13-15)20(25)10-11-22(19(20)24)16-7-2-1-3-8-16/h1-9,15,25H,10-13H2,(H,21,23)/t15?,20-/m0/s1. The van der Waals surface area contributed by atoms with Crippen LogP contribution in [-0.2, 0) is 16.0 Å². The van der Waals surface area contributed by atoms with Gasteiger partial charge in [-0.2, -0.15) is 0 Å². The fourth-order valence-electron chi connectivity index (χ4n) is 3.50. The zero-order chi connectivity index (χ0) is 18.1. The molecule has 0 spiro atoms. The van der Waals surface area contributed by atoms with Crippen molar-refractivity contribution in [2.24, 2.45) is 0 Å². The van der Waals surface area contributed by atoms with Crippen molar-refractivity contribution in [3.63, 3.8) is 0 Å². The Morgan fingerprint density at radius 2 is 1.88 bits per heavy atom.